The Bertz CT molecular complexity index is 1500. The van der Waals surface area contributed by atoms with E-state index in [4.69, 9.17) is 18.9 Å². The molecule has 0 radical (unpaired) electrons. The molecule has 1 atom stereocenters. The van der Waals surface area contributed by atoms with Gasteiger partial charge in [0.2, 0.25) is 5.88 Å². The van der Waals surface area contributed by atoms with E-state index < -0.39 is 22.9 Å². The lowest BCUT2D eigenvalue weighted by atomic mass is 10.0. The van der Waals surface area contributed by atoms with Crippen molar-refractivity contribution >= 4 is 22.4 Å². The number of hydrogen-bond donors (Lipinski definition) is 1. The van der Waals surface area contributed by atoms with Crippen LogP contribution >= 0.6 is 0 Å². The summed E-state index contributed by atoms with van der Waals surface area (Å²) in [5, 5.41) is 4.63. The summed E-state index contributed by atoms with van der Waals surface area (Å²) >= 11 is 0. The van der Waals surface area contributed by atoms with Gasteiger partial charge in [0, 0.05) is 17.5 Å². The zero-order valence-corrected chi connectivity index (χ0v) is 21.3. The first-order valence-corrected chi connectivity index (χ1v) is 11.8. The largest absolute Gasteiger partial charge is 0.497 e. The second-order valence-electron chi connectivity index (χ2n) is 8.86. The molecule has 9 nitrogen and oxygen atoms in total. The van der Waals surface area contributed by atoms with E-state index in [9.17, 15) is 14.4 Å². The van der Waals surface area contributed by atoms with Crippen molar-refractivity contribution in [3.63, 3.8) is 0 Å². The van der Waals surface area contributed by atoms with Gasteiger partial charge in [-0.15, -0.1) is 0 Å². The fourth-order valence-electron chi connectivity index (χ4n) is 3.93. The fraction of sp³-hybridized carbons (Fsp3) is 0.286. The quantitative estimate of drug-likeness (QED) is 0.254. The summed E-state index contributed by atoms with van der Waals surface area (Å²) in [4.78, 5) is 41.0. The molecular weight excluding hydrogens is 476 g/mol. The highest BCUT2D eigenvalue weighted by atomic mass is 16.5. The molecule has 0 aliphatic carbocycles. The van der Waals surface area contributed by atoms with Gasteiger partial charge in [-0.1, -0.05) is 18.2 Å². The number of fused-ring (bicyclic) bond motifs is 1. The first-order valence-electron chi connectivity index (χ1n) is 11.8. The van der Waals surface area contributed by atoms with Crippen LogP contribution in [0.3, 0.4) is 0 Å². The van der Waals surface area contributed by atoms with Crippen molar-refractivity contribution in [3.05, 3.63) is 80.2 Å². The van der Waals surface area contributed by atoms with E-state index in [1.165, 1.54) is 7.11 Å². The Morgan fingerprint density at radius 2 is 1.68 bits per heavy atom. The van der Waals surface area contributed by atoms with E-state index in [0.717, 1.165) is 22.0 Å². The molecule has 0 saturated heterocycles. The Hall–Kier alpha value is -4.40. The van der Waals surface area contributed by atoms with Gasteiger partial charge in [-0.25, -0.2) is 9.78 Å². The predicted octanol–water partition coefficient (Wildman–Crippen LogP) is 3.92. The third-order valence-corrected chi connectivity index (χ3v) is 5.74. The number of methoxy groups -OCH3 is 2. The monoisotopic (exact) mass is 504 g/mol. The van der Waals surface area contributed by atoms with Crippen LogP contribution in [-0.2, 0) is 16.0 Å². The van der Waals surface area contributed by atoms with Crippen LogP contribution in [0.1, 0.15) is 25.1 Å². The molecule has 37 heavy (non-hydrogen) atoms. The van der Waals surface area contributed by atoms with Crippen LogP contribution in [0.25, 0.3) is 10.8 Å². The molecule has 1 unspecified atom stereocenters. The van der Waals surface area contributed by atoms with Crippen molar-refractivity contribution in [2.24, 2.45) is 0 Å². The van der Waals surface area contributed by atoms with Crippen LogP contribution in [-0.4, -0.2) is 37.3 Å². The number of nitrogens with zero attached hydrogens (tertiary/aromatic N) is 1. The number of hydrogen-bond acceptors (Lipinski definition) is 9. The van der Waals surface area contributed by atoms with Gasteiger partial charge in [0.05, 0.1) is 20.3 Å². The first-order chi connectivity index (χ1) is 17.7. The Kier molecular flexibility index (Phi) is 7.42. The molecule has 1 heterocycles. The van der Waals surface area contributed by atoms with Gasteiger partial charge in [0.1, 0.15) is 23.2 Å². The average Bonchev–Trinajstić information content (AvgIpc) is 2.89. The summed E-state index contributed by atoms with van der Waals surface area (Å²) in [5.41, 5.74) is 0.153. The maximum atomic E-state index is 12.4. The van der Waals surface area contributed by atoms with Crippen LogP contribution in [0.5, 0.6) is 23.1 Å². The van der Waals surface area contributed by atoms with E-state index in [2.05, 4.69) is 10.3 Å². The number of aryl methyl sites for hydroxylation is 1. The molecule has 1 N–H and O–H groups in total. The van der Waals surface area contributed by atoms with Gasteiger partial charge in [0.15, 0.2) is 5.75 Å². The summed E-state index contributed by atoms with van der Waals surface area (Å²) in [5.74, 6) is 1.07. The normalized spacial score (nSPS) is 11.9. The number of benzene rings is 2. The van der Waals surface area contributed by atoms with Crippen LogP contribution in [0.4, 0.5) is 5.69 Å². The summed E-state index contributed by atoms with van der Waals surface area (Å²) in [7, 11) is 2.86. The lowest BCUT2D eigenvalue weighted by molar-refractivity contribution is -0.141. The highest BCUT2D eigenvalue weighted by Gasteiger charge is 2.29. The summed E-state index contributed by atoms with van der Waals surface area (Å²) in [6.07, 6.45) is -0.0931. The number of anilines is 1. The topological polar surface area (TPSA) is 113 Å². The van der Waals surface area contributed by atoms with Crippen molar-refractivity contribution in [2.75, 3.05) is 19.5 Å². The standard InChI is InChI=1S/C28H28N2O7/c1-15(2)36-26-23(24(31)25(26)32)30-22(28(33)35-5)13-17-6-9-19(10-7-17)37-27-21-14-20(34-4)11-8-18(21)12-16(3)29-27/h6-12,14-15,22,30H,13H2,1-5H3. The Labute approximate surface area is 213 Å². The van der Waals surface area contributed by atoms with Gasteiger partial charge in [-0.3, -0.25) is 9.59 Å². The SMILES string of the molecule is COC(=O)C(Cc1ccc(Oc2nc(C)cc3ccc(OC)cc23)cc1)Nc1c(OC(C)C)c(=O)c1=O. The van der Waals surface area contributed by atoms with Crippen LogP contribution in [0.15, 0.2) is 58.1 Å². The number of pyridine rings is 1. The molecule has 3 aromatic carbocycles. The zero-order chi connectivity index (χ0) is 26.7. The number of aromatic nitrogens is 1. The van der Waals surface area contributed by atoms with E-state index in [-0.39, 0.29) is 24.0 Å². The number of carbonyl (C=O) groups excluding carboxylic acids is 1. The van der Waals surface area contributed by atoms with Crippen molar-refractivity contribution in [1.82, 2.24) is 4.98 Å². The third-order valence-electron chi connectivity index (χ3n) is 5.74. The van der Waals surface area contributed by atoms with Crippen molar-refractivity contribution in [1.29, 1.82) is 0 Å². The molecule has 0 aliphatic heterocycles. The molecule has 0 fully saturated rings. The molecule has 4 aromatic rings. The summed E-state index contributed by atoms with van der Waals surface area (Å²) < 4.78 is 21.8. The van der Waals surface area contributed by atoms with Crippen molar-refractivity contribution in [3.8, 4) is 23.1 Å². The lowest BCUT2D eigenvalue weighted by Crippen LogP contribution is -2.42. The summed E-state index contributed by atoms with van der Waals surface area (Å²) in [6, 6.07) is 13.9. The maximum Gasteiger partial charge on any atom is 0.328 e. The predicted molar refractivity (Wildman–Crippen MR) is 140 cm³/mol. The smallest absolute Gasteiger partial charge is 0.328 e. The Morgan fingerprint density at radius 1 is 0.973 bits per heavy atom. The molecule has 1 aromatic heterocycles. The Balaban J connectivity index is 1.53. The minimum atomic E-state index is -0.899. The van der Waals surface area contributed by atoms with Gasteiger partial charge in [0.25, 0.3) is 10.9 Å². The van der Waals surface area contributed by atoms with Crippen LogP contribution < -0.4 is 30.4 Å². The van der Waals surface area contributed by atoms with E-state index in [1.807, 2.05) is 31.2 Å². The minimum absolute atomic E-state index is 0.0121. The zero-order valence-electron chi connectivity index (χ0n) is 21.3. The molecule has 192 valence electrons. The van der Waals surface area contributed by atoms with E-state index in [1.54, 1.807) is 45.2 Å². The number of carbonyl (C=O) groups is 1. The number of ether oxygens (including phenoxy) is 4. The molecule has 0 amide bonds. The number of rotatable bonds is 10. The molecule has 4 rings (SSSR count). The molecule has 0 spiro atoms. The first kappa shape index (κ1) is 25.7. The second-order valence-corrected chi connectivity index (χ2v) is 8.86. The molecule has 9 heteroatoms. The van der Waals surface area contributed by atoms with Crippen LogP contribution in [0, 0.1) is 6.92 Å². The molecule has 0 saturated carbocycles. The Morgan fingerprint density at radius 3 is 2.32 bits per heavy atom. The van der Waals surface area contributed by atoms with Crippen LogP contribution in [0.2, 0.25) is 0 Å². The third kappa shape index (κ3) is 5.55. The van der Waals surface area contributed by atoms with E-state index >= 15 is 0 Å². The molecular formula is C28H28N2O7. The van der Waals surface area contributed by atoms with Gasteiger partial charge >= 0.3 is 5.97 Å². The van der Waals surface area contributed by atoms with Gasteiger partial charge in [-0.05, 0) is 62.1 Å². The molecule has 0 bridgehead atoms. The van der Waals surface area contributed by atoms with Gasteiger partial charge in [-0.2, -0.15) is 0 Å². The van der Waals surface area contributed by atoms with Crippen molar-refractivity contribution in [2.45, 2.75) is 39.3 Å². The second kappa shape index (κ2) is 10.7. The van der Waals surface area contributed by atoms with Gasteiger partial charge < -0.3 is 24.3 Å². The number of esters is 1. The molecule has 0 aliphatic rings. The number of nitrogens with one attached hydrogen (secondary N) is 1. The van der Waals surface area contributed by atoms with E-state index in [0.29, 0.717) is 17.4 Å². The summed E-state index contributed by atoms with van der Waals surface area (Å²) in [6.45, 7) is 5.38. The maximum absolute atomic E-state index is 12.4. The minimum Gasteiger partial charge on any atom is -0.497 e. The highest BCUT2D eigenvalue weighted by Crippen LogP contribution is 2.32. The van der Waals surface area contributed by atoms with Crippen molar-refractivity contribution < 1.29 is 23.7 Å². The fourth-order valence-corrected chi connectivity index (χ4v) is 3.93. The highest BCUT2D eigenvalue weighted by molar-refractivity contribution is 5.88. The lowest BCUT2D eigenvalue weighted by Gasteiger charge is -2.21. The average molecular weight is 505 g/mol.